The van der Waals surface area contributed by atoms with Crippen molar-refractivity contribution >= 4 is 56.8 Å². The average molecular weight is 450 g/mol. The van der Waals surface area contributed by atoms with Crippen molar-refractivity contribution in [2.75, 3.05) is 37.8 Å². The van der Waals surface area contributed by atoms with Crippen molar-refractivity contribution in [2.45, 2.75) is 24.7 Å². The molecular formula is C22H28ClN3OS2. The number of benzene rings is 2. The Morgan fingerprint density at radius 2 is 1.86 bits per heavy atom. The van der Waals surface area contributed by atoms with Gasteiger partial charge in [-0.15, -0.1) is 24.2 Å². The van der Waals surface area contributed by atoms with E-state index in [2.05, 4.69) is 44.1 Å². The molecule has 156 valence electrons. The zero-order valence-corrected chi connectivity index (χ0v) is 19.6. The molecule has 0 saturated carbocycles. The maximum absolute atomic E-state index is 13.1. The molecule has 1 amide bonds. The van der Waals surface area contributed by atoms with E-state index in [9.17, 15) is 4.79 Å². The van der Waals surface area contributed by atoms with Gasteiger partial charge in [-0.05, 0) is 63.3 Å². The molecule has 4 nitrogen and oxygen atoms in total. The van der Waals surface area contributed by atoms with Crippen LogP contribution in [0.5, 0.6) is 0 Å². The van der Waals surface area contributed by atoms with E-state index >= 15 is 0 Å². The summed E-state index contributed by atoms with van der Waals surface area (Å²) in [4.78, 5) is 22.9. The second kappa shape index (κ2) is 11.6. The number of hydrogen-bond acceptors (Lipinski definition) is 5. The summed E-state index contributed by atoms with van der Waals surface area (Å²) in [5.41, 5.74) is 2.27. The van der Waals surface area contributed by atoms with Crippen LogP contribution in [0.25, 0.3) is 10.2 Å². The number of halogens is 1. The summed E-state index contributed by atoms with van der Waals surface area (Å²) in [6.45, 7) is 3.79. The predicted octanol–water partition coefficient (Wildman–Crippen LogP) is 5.36. The van der Waals surface area contributed by atoms with Crippen molar-refractivity contribution in [1.29, 1.82) is 0 Å². The van der Waals surface area contributed by atoms with Crippen molar-refractivity contribution < 1.29 is 4.79 Å². The van der Waals surface area contributed by atoms with E-state index in [0.29, 0.717) is 12.3 Å². The SMILES string of the molecule is CCc1ccc2nc(N(CCCN(C)C)C(=O)CSc3ccccc3)sc2c1.Cl. The molecule has 0 saturated heterocycles. The average Bonchev–Trinajstić information content (AvgIpc) is 3.12. The van der Waals surface area contributed by atoms with Crippen LogP contribution in [0.4, 0.5) is 5.13 Å². The van der Waals surface area contributed by atoms with Crippen LogP contribution in [-0.2, 0) is 11.2 Å². The smallest absolute Gasteiger partial charge is 0.239 e. The number of carbonyl (C=O) groups is 1. The second-order valence-corrected chi connectivity index (χ2v) is 9.01. The van der Waals surface area contributed by atoms with Gasteiger partial charge in [-0.1, -0.05) is 42.5 Å². The lowest BCUT2D eigenvalue weighted by Crippen LogP contribution is -2.34. The second-order valence-electron chi connectivity index (χ2n) is 6.96. The Morgan fingerprint density at radius 1 is 1.10 bits per heavy atom. The fourth-order valence-electron chi connectivity index (χ4n) is 2.90. The number of carbonyl (C=O) groups excluding carboxylic acids is 1. The highest BCUT2D eigenvalue weighted by Crippen LogP contribution is 2.31. The van der Waals surface area contributed by atoms with E-state index in [-0.39, 0.29) is 18.3 Å². The summed E-state index contributed by atoms with van der Waals surface area (Å²) < 4.78 is 1.15. The molecule has 1 aromatic heterocycles. The van der Waals surface area contributed by atoms with Crippen molar-refractivity contribution in [2.24, 2.45) is 0 Å². The lowest BCUT2D eigenvalue weighted by Gasteiger charge is -2.21. The highest BCUT2D eigenvalue weighted by molar-refractivity contribution is 8.00. The van der Waals surface area contributed by atoms with Gasteiger partial charge in [0, 0.05) is 11.4 Å². The molecule has 0 fully saturated rings. The number of thioether (sulfide) groups is 1. The van der Waals surface area contributed by atoms with Gasteiger partial charge in [-0.25, -0.2) is 4.98 Å². The fraction of sp³-hybridized carbons (Fsp3) is 0.364. The predicted molar refractivity (Wildman–Crippen MR) is 129 cm³/mol. The first-order valence-electron chi connectivity index (χ1n) is 9.59. The molecule has 0 N–H and O–H groups in total. The molecule has 0 bridgehead atoms. The van der Waals surface area contributed by atoms with Gasteiger partial charge in [-0.3, -0.25) is 9.69 Å². The van der Waals surface area contributed by atoms with E-state index in [1.54, 1.807) is 23.1 Å². The fourth-order valence-corrected chi connectivity index (χ4v) is 4.77. The van der Waals surface area contributed by atoms with Crippen LogP contribution in [0.2, 0.25) is 0 Å². The largest absolute Gasteiger partial charge is 0.309 e. The number of fused-ring (bicyclic) bond motifs is 1. The Labute approximate surface area is 187 Å². The van der Waals surface area contributed by atoms with E-state index in [1.807, 2.05) is 35.2 Å². The topological polar surface area (TPSA) is 36.4 Å². The molecule has 0 atom stereocenters. The number of rotatable bonds is 9. The quantitative estimate of drug-likeness (QED) is 0.412. The van der Waals surface area contributed by atoms with Gasteiger partial charge in [0.2, 0.25) is 5.91 Å². The number of aromatic nitrogens is 1. The van der Waals surface area contributed by atoms with Gasteiger partial charge in [-0.2, -0.15) is 0 Å². The Bertz CT molecular complexity index is 915. The zero-order valence-electron chi connectivity index (χ0n) is 17.1. The first kappa shape index (κ1) is 23.7. The Kier molecular flexibility index (Phi) is 9.43. The van der Waals surface area contributed by atoms with Crippen LogP contribution in [-0.4, -0.2) is 48.7 Å². The highest BCUT2D eigenvalue weighted by Gasteiger charge is 2.20. The number of anilines is 1. The Hall–Kier alpha value is -1.60. The van der Waals surface area contributed by atoms with Crippen molar-refractivity contribution in [3.05, 3.63) is 54.1 Å². The Morgan fingerprint density at radius 3 is 2.55 bits per heavy atom. The third-order valence-corrected chi connectivity index (χ3v) is 6.51. The van der Waals surface area contributed by atoms with E-state index < -0.39 is 0 Å². The summed E-state index contributed by atoms with van der Waals surface area (Å²) in [5, 5.41) is 0.806. The van der Waals surface area contributed by atoms with Crippen LogP contribution in [0.3, 0.4) is 0 Å². The number of aryl methyl sites for hydroxylation is 1. The summed E-state index contributed by atoms with van der Waals surface area (Å²) in [5.74, 6) is 0.532. The summed E-state index contributed by atoms with van der Waals surface area (Å²) in [6.07, 6.45) is 1.92. The first-order chi connectivity index (χ1) is 13.6. The maximum atomic E-state index is 13.1. The van der Waals surface area contributed by atoms with Gasteiger partial charge < -0.3 is 4.90 Å². The lowest BCUT2D eigenvalue weighted by atomic mass is 10.2. The summed E-state index contributed by atoms with van der Waals surface area (Å²) in [6, 6.07) is 16.4. The number of amides is 1. The summed E-state index contributed by atoms with van der Waals surface area (Å²) >= 11 is 3.19. The zero-order chi connectivity index (χ0) is 19.9. The van der Waals surface area contributed by atoms with Crippen LogP contribution >= 0.6 is 35.5 Å². The van der Waals surface area contributed by atoms with E-state index in [0.717, 1.165) is 39.6 Å². The highest BCUT2D eigenvalue weighted by atomic mass is 35.5. The van der Waals surface area contributed by atoms with Crippen molar-refractivity contribution in [3.63, 3.8) is 0 Å². The number of hydrogen-bond donors (Lipinski definition) is 0. The third-order valence-electron chi connectivity index (χ3n) is 4.47. The standard InChI is InChI=1S/C22H27N3OS2.ClH/c1-4-17-11-12-19-20(15-17)28-22(23-19)25(14-8-13-24(2)3)21(26)16-27-18-9-6-5-7-10-18;/h5-7,9-12,15H,4,8,13-14,16H2,1-3H3;1H. The van der Waals surface area contributed by atoms with E-state index in [1.165, 1.54) is 5.56 Å². The third kappa shape index (κ3) is 6.71. The van der Waals surface area contributed by atoms with Gasteiger partial charge >= 0.3 is 0 Å². The molecule has 1 heterocycles. The molecule has 0 aliphatic rings. The maximum Gasteiger partial charge on any atom is 0.239 e. The molecule has 0 aliphatic heterocycles. The van der Waals surface area contributed by atoms with E-state index in [4.69, 9.17) is 4.98 Å². The number of nitrogens with zero attached hydrogens (tertiary/aromatic N) is 3. The minimum absolute atomic E-state index is 0. The van der Waals surface area contributed by atoms with Crippen molar-refractivity contribution in [1.82, 2.24) is 9.88 Å². The van der Waals surface area contributed by atoms with Crippen LogP contribution in [0.15, 0.2) is 53.4 Å². The van der Waals surface area contributed by atoms with Gasteiger partial charge in [0.15, 0.2) is 5.13 Å². The molecule has 7 heteroatoms. The minimum Gasteiger partial charge on any atom is -0.309 e. The minimum atomic E-state index is 0. The molecule has 0 spiro atoms. The first-order valence-corrected chi connectivity index (χ1v) is 11.4. The van der Waals surface area contributed by atoms with Gasteiger partial charge in [0.05, 0.1) is 16.0 Å². The molecule has 0 unspecified atom stereocenters. The molecule has 0 radical (unpaired) electrons. The Balaban J connectivity index is 0.00000300. The molecule has 0 aliphatic carbocycles. The van der Waals surface area contributed by atoms with Crippen LogP contribution in [0.1, 0.15) is 18.9 Å². The van der Waals surface area contributed by atoms with Crippen LogP contribution in [0, 0.1) is 0 Å². The molecule has 2 aromatic carbocycles. The molecule has 3 rings (SSSR count). The van der Waals surface area contributed by atoms with Crippen LogP contribution < -0.4 is 4.90 Å². The lowest BCUT2D eigenvalue weighted by molar-refractivity contribution is -0.116. The monoisotopic (exact) mass is 449 g/mol. The molecular weight excluding hydrogens is 422 g/mol. The summed E-state index contributed by atoms with van der Waals surface area (Å²) in [7, 11) is 4.11. The number of thiazole rings is 1. The molecule has 29 heavy (non-hydrogen) atoms. The molecule has 3 aromatic rings. The van der Waals surface area contributed by atoms with Gasteiger partial charge in [0.1, 0.15) is 0 Å². The van der Waals surface area contributed by atoms with Crippen molar-refractivity contribution in [3.8, 4) is 0 Å². The van der Waals surface area contributed by atoms with Gasteiger partial charge in [0.25, 0.3) is 0 Å². The normalized spacial score (nSPS) is 10.9.